The van der Waals surface area contributed by atoms with E-state index < -0.39 is 0 Å². The van der Waals surface area contributed by atoms with Crippen LogP contribution in [0, 0.1) is 0 Å². The number of benzene rings is 3. The lowest BCUT2D eigenvalue weighted by Gasteiger charge is -2.10. The van der Waals surface area contributed by atoms with Crippen LogP contribution in [-0.2, 0) is 0 Å². The van der Waals surface area contributed by atoms with Crippen molar-refractivity contribution < 1.29 is 9.53 Å². The van der Waals surface area contributed by atoms with Crippen LogP contribution in [0.25, 0.3) is 20.8 Å². The molecule has 5 heteroatoms. The molecule has 0 aliphatic rings. The Morgan fingerprint density at radius 1 is 1.00 bits per heavy atom. The first-order chi connectivity index (χ1) is 13.6. The summed E-state index contributed by atoms with van der Waals surface area (Å²) in [5, 5.41) is 3.90. The summed E-state index contributed by atoms with van der Waals surface area (Å²) in [6, 6.07) is 23.0. The Kier molecular flexibility index (Phi) is 5.08. The number of fused-ring (bicyclic) bond motifs is 1. The van der Waals surface area contributed by atoms with Gasteiger partial charge in [-0.2, -0.15) is 0 Å². The Bertz CT molecular complexity index is 1080. The van der Waals surface area contributed by atoms with Crippen molar-refractivity contribution >= 4 is 33.1 Å². The van der Waals surface area contributed by atoms with Gasteiger partial charge >= 0.3 is 0 Å². The highest BCUT2D eigenvalue weighted by Gasteiger charge is 2.10. The molecule has 1 amide bonds. The second-order valence-electron chi connectivity index (χ2n) is 6.71. The van der Waals surface area contributed by atoms with Crippen molar-refractivity contribution in [3.05, 3.63) is 78.4 Å². The molecule has 0 aliphatic carbocycles. The third kappa shape index (κ3) is 4.05. The number of nitrogens with zero attached hydrogens (tertiary/aromatic N) is 1. The lowest BCUT2D eigenvalue weighted by Crippen LogP contribution is -2.12. The van der Waals surface area contributed by atoms with Crippen molar-refractivity contribution in [1.82, 2.24) is 4.98 Å². The molecule has 0 bridgehead atoms. The molecule has 0 radical (unpaired) electrons. The van der Waals surface area contributed by atoms with Crippen LogP contribution in [0.15, 0.2) is 72.8 Å². The minimum atomic E-state index is -0.155. The fourth-order valence-electron chi connectivity index (χ4n) is 2.89. The van der Waals surface area contributed by atoms with E-state index in [1.165, 1.54) is 0 Å². The van der Waals surface area contributed by atoms with Gasteiger partial charge in [0.05, 0.1) is 16.3 Å². The van der Waals surface area contributed by atoms with E-state index in [4.69, 9.17) is 4.74 Å². The number of carbonyl (C=O) groups is 1. The first kappa shape index (κ1) is 18.2. The van der Waals surface area contributed by atoms with Gasteiger partial charge in [0.2, 0.25) is 0 Å². The zero-order chi connectivity index (χ0) is 19.5. The molecule has 0 saturated carbocycles. The highest BCUT2D eigenvalue weighted by atomic mass is 32.1. The molecule has 1 aromatic heterocycles. The van der Waals surface area contributed by atoms with Gasteiger partial charge in [0, 0.05) is 16.8 Å². The van der Waals surface area contributed by atoms with Crippen molar-refractivity contribution in [3.63, 3.8) is 0 Å². The fourth-order valence-corrected chi connectivity index (χ4v) is 3.85. The van der Waals surface area contributed by atoms with Crippen LogP contribution < -0.4 is 10.1 Å². The first-order valence-electron chi connectivity index (χ1n) is 9.12. The molecule has 1 N–H and O–H groups in total. The molecule has 0 fully saturated rings. The summed E-state index contributed by atoms with van der Waals surface area (Å²) in [4.78, 5) is 17.3. The molecule has 0 saturated heterocycles. The number of hydrogen-bond donors (Lipinski definition) is 1. The lowest BCUT2D eigenvalue weighted by atomic mass is 10.1. The summed E-state index contributed by atoms with van der Waals surface area (Å²) in [5.74, 6) is 0.599. The molecule has 4 nitrogen and oxygen atoms in total. The summed E-state index contributed by atoms with van der Waals surface area (Å²) < 4.78 is 6.77. The monoisotopic (exact) mass is 388 g/mol. The van der Waals surface area contributed by atoms with Gasteiger partial charge < -0.3 is 10.1 Å². The number of thiazole rings is 1. The van der Waals surface area contributed by atoms with Gasteiger partial charge in [-0.05, 0) is 62.4 Å². The topological polar surface area (TPSA) is 51.2 Å². The highest BCUT2D eigenvalue weighted by molar-refractivity contribution is 7.21. The molecule has 0 unspecified atom stereocenters. The number of ether oxygens (including phenoxy) is 1. The average Bonchev–Trinajstić information content (AvgIpc) is 3.12. The van der Waals surface area contributed by atoms with E-state index in [1.54, 1.807) is 23.5 Å². The zero-order valence-electron chi connectivity index (χ0n) is 15.7. The van der Waals surface area contributed by atoms with E-state index in [0.717, 1.165) is 32.2 Å². The Balaban J connectivity index is 1.52. The minimum Gasteiger partial charge on any atom is -0.491 e. The number of para-hydroxylation sites is 1. The average molecular weight is 388 g/mol. The second kappa shape index (κ2) is 7.82. The van der Waals surface area contributed by atoms with Crippen molar-refractivity contribution in [2.75, 3.05) is 5.32 Å². The van der Waals surface area contributed by atoms with Gasteiger partial charge in [0.25, 0.3) is 5.91 Å². The van der Waals surface area contributed by atoms with Crippen LogP contribution in [0.3, 0.4) is 0 Å². The number of carbonyl (C=O) groups excluding carboxylic acids is 1. The molecule has 28 heavy (non-hydrogen) atoms. The van der Waals surface area contributed by atoms with Crippen molar-refractivity contribution in [3.8, 4) is 16.3 Å². The number of rotatable bonds is 5. The molecule has 0 aliphatic heterocycles. The smallest absolute Gasteiger partial charge is 0.255 e. The van der Waals surface area contributed by atoms with Gasteiger partial charge in [-0.15, -0.1) is 11.3 Å². The quantitative estimate of drug-likeness (QED) is 0.456. The number of amides is 1. The fraction of sp³-hybridized carbons (Fsp3) is 0.130. The third-order valence-electron chi connectivity index (χ3n) is 4.15. The summed E-state index contributed by atoms with van der Waals surface area (Å²) in [5.41, 5.74) is 3.30. The maximum atomic E-state index is 12.6. The maximum Gasteiger partial charge on any atom is 0.255 e. The molecular weight excluding hydrogens is 368 g/mol. The molecule has 0 spiro atoms. The number of anilines is 1. The summed E-state index contributed by atoms with van der Waals surface area (Å²) in [6.45, 7) is 3.94. The van der Waals surface area contributed by atoms with Crippen molar-refractivity contribution in [2.45, 2.75) is 20.0 Å². The molecule has 4 aromatic rings. The molecule has 4 rings (SSSR count). The highest BCUT2D eigenvalue weighted by Crippen LogP contribution is 2.31. The SMILES string of the molecule is CC(C)Oc1ccc(C(=O)Nc2cccc(-c3nc4ccccc4s3)c2)cc1. The number of hydrogen-bond acceptors (Lipinski definition) is 4. The number of nitrogens with one attached hydrogen (secondary N) is 1. The molecular formula is C23H20N2O2S. The lowest BCUT2D eigenvalue weighted by molar-refractivity contribution is 0.102. The number of aromatic nitrogens is 1. The molecule has 0 atom stereocenters. The summed E-state index contributed by atoms with van der Waals surface area (Å²) in [7, 11) is 0. The normalized spacial score (nSPS) is 11.0. The van der Waals surface area contributed by atoms with Crippen LogP contribution in [0.5, 0.6) is 5.75 Å². The van der Waals surface area contributed by atoms with E-state index in [9.17, 15) is 4.79 Å². The van der Waals surface area contributed by atoms with Gasteiger partial charge in [-0.25, -0.2) is 4.98 Å². The second-order valence-corrected chi connectivity index (χ2v) is 7.74. The third-order valence-corrected chi connectivity index (χ3v) is 5.24. The van der Waals surface area contributed by atoms with Gasteiger partial charge in [-0.3, -0.25) is 4.79 Å². The van der Waals surface area contributed by atoms with E-state index in [0.29, 0.717) is 5.56 Å². The summed E-state index contributed by atoms with van der Waals surface area (Å²) >= 11 is 1.64. The van der Waals surface area contributed by atoms with Crippen LogP contribution in [-0.4, -0.2) is 17.0 Å². The zero-order valence-corrected chi connectivity index (χ0v) is 16.5. The Hall–Kier alpha value is -3.18. The van der Waals surface area contributed by atoms with Crippen LogP contribution in [0.2, 0.25) is 0 Å². The van der Waals surface area contributed by atoms with Crippen LogP contribution in [0.1, 0.15) is 24.2 Å². The standard InChI is InChI=1S/C23H20N2O2S/c1-15(2)27-19-12-10-16(11-13-19)22(26)24-18-7-5-6-17(14-18)23-25-20-8-3-4-9-21(20)28-23/h3-15H,1-2H3,(H,24,26). The van der Waals surface area contributed by atoms with Crippen LogP contribution in [0.4, 0.5) is 5.69 Å². The van der Waals surface area contributed by atoms with Gasteiger partial charge in [-0.1, -0.05) is 24.3 Å². The predicted molar refractivity (Wildman–Crippen MR) is 115 cm³/mol. The van der Waals surface area contributed by atoms with E-state index in [2.05, 4.69) is 16.4 Å². The van der Waals surface area contributed by atoms with Gasteiger partial charge in [0.15, 0.2) is 0 Å². The van der Waals surface area contributed by atoms with Crippen molar-refractivity contribution in [1.29, 1.82) is 0 Å². The largest absolute Gasteiger partial charge is 0.491 e. The van der Waals surface area contributed by atoms with Gasteiger partial charge in [0.1, 0.15) is 10.8 Å². The summed E-state index contributed by atoms with van der Waals surface area (Å²) in [6.07, 6.45) is 0.102. The minimum absolute atomic E-state index is 0.102. The predicted octanol–water partition coefficient (Wildman–Crippen LogP) is 6.00. The van der Waals surface area contributed by atoms with E-state index in [1.807, 2.05) is 68.4 Å². The Labute approximate surface area is 167 Å². The van der Waals surface area contributed by atoms with Crippen LogP contribution >= 0.6 is 11.3 Å². The van der Waals surface area contributed by atoms with Crippen molar-refractivity contribution in [2.24, 2.45) is 0 Å². The Morgan fingerprint density at radius 2 is 1.79 bits per heavy atom. The first-order valence-corrected chi connectivity index (χ1v) is 9.94. The van der Waals surface area contributed by atoms with E-state index >= 15 is 0 Å². The molecule has 140 valence electrons. The van der Waals surface area contributed by atoms with E-state index in [-0.39, 0.29) is 12.0 Å². The maximum absolute atomic E-state index is 12.6. The molecule has 1 heterocycles. The Morgan fingerprint density at radius 3 is 2.54 bits per heavy atom. The molecule has 3 aromatic carbocycles.